The molecule has 0 fully saturated rings. The number of ether oxygens (including phenoxy) is 2. The van der Waals surface area contributed by atoms with Gasteiger partial charge in [0.25, 0.3) is 0 Å². The molecule has 3 heteroatoms. The third-order valence-corrected chi connectivity index (χ3v) is 4.45. The van der Waals surface area contributed by atoms with E-state index in [0.29, 0.717) is 26.4 Å². The summed E-state index contributed by atoms with van der Waals surface area (Å²) >= 11 is 0. The van der Waals surface area contributed by atoms with Gasteiger partial charge in [0.1, 0.15) is 0 Å². The summed E-state index contributed by atoms with van der Waals surface area (Å²) in [6.07, 6.45) is 0. The Kier molecular flexibility index (Phi) is 11.4. The first-order valence-electron chi connectivity index (χ1n) is 10.2. The number of rotatable bonds is 8. The van der Waals surface area contributed by atoms with Crippen molar-refractivity contribution in [2.45, 2.75) is 26.4 Å². The van der Waals surface area contributed by atoms with Crippen molar-refractivity contribution in [3.8, 4) is 0 Å². The molecule has 4 aromatic rings. The molecule has 0 aliphatic rings. The topological polar surface area (TPSA) is 50.0 Å². The SMILES string of the molecule is O.c1ccc(COCc2ccccc2)cc1.c1ccc(COCc2ccccc2)cc1. The molecule has 0 saturated heterocycles. The van der Waals surface area contributed by atoms with Crippen LogP contribution in [0.15, 0.2) is 121 Å². The minimum Gasteiger partial charge on any atom is -0.412 e. The summed E-state index contributed by atoms with van der Waals surface area (Å²) in [5.74, 6) is 0. The summed E-state index contributed by atoms with van der Waals surface area (Å²) in [6.45, 7) is 2.71. The summed E-state index contributed by atoms with van der Waals surface area (Å²) in [5.41, 5.74) is 4.86. The van der Waals surface area contributed by atoms with E-state index in [1.54, 1.807) is 0 Å². The molecule has 0 heterocycles. The van der Waals surface area contributed by atoms with Crippen LogP contribution in [0.1, 0.15) is 22.3 Å². The molecule has 160 valence electrons. The summed E-state index contributed by atoms with van der Waals surface area (Å²) in [5, 5.41) is 0. The van der Waals surface area contributed by atoms with E-state index in [2.05, 4.69) is 48.5 Å². The number of hydrogen-bond donors (Lipinski definition) is 0. The highest BCUT2D eigenvalue weighted by atomic mass is 16.5. The molecule has 0 aliphatic heterocycles. The Labute approximate surface area is 185 Å². The lowest BCUT2D eigenvalue weighted by molar-refractivity contribution is 0.107. The highest BCUT2D eigenvalue weighted by Gasteiger charge is 1.94. The maximum atomic E-state index is 5.61. The van der Waals surface area contributed by atoms with Crippen molar-refractivity contribution in [1.29, 1.82) is 0 Å². The molecule has 0 spiro atoms. The van der Waals surface area contributed by atoms with E-state index in [1.807, 2.05) is 72.8 Å². The molecule has 4 rings (SSSR count). The fourth-order valence-electron chi connectivity index (χ4n) is 2.87. The Bertz CT molecular complexity index is 767. The molecule has 0 amide bonds. The highest BCUT2D eigenvalue weighted by Crippen LogP contribution is 2.06. The first-order chi connectivity index (χ1) is 14.9. The molecule has 31 heavy (non-hydrogen) atoms. The molecule has 0 aliphatic carbocycles. The molecule has 0 aromatic heterocycles. The Morgan fingerprint density at radius 2 is 0.516 bits per heavy atom. The minimum absolute atomic E-state index is 0. The van der Waals surface area contributed by atoms with Crippen LogP contribution in [0, 0.1) is 0 Å². The zero-order valence-corrected chi connectivity index (χ0v) is 17.7. The van der Waals surface area contributed by atoms with Crippen molar-refractivity contribution < 1.29 is 14.9 Å². The Balaban J connectivity index is 0.000000213. The second-order valence-electron chi connectivity index (χ2n) is 6.93. The van der Waals surface area contributed by atoms with Crippen molar-refractivity contribution in [3.05, 3.63) is 144 Å². The van der Waals surface area contributed by atoms with Gasteiger partial charge < -0.3 is 14.9 Å². The third kappa shape index (κ3) is 9.87. The highest BCUT2D eigenvalue weighted by molar-refractivity contribution is 5.16. The van der Waals surface area contributed by atoms with Crippen LogP contribution >= 0.6 is 0 Å². The smallest absolute Gasteiger partial charge is 0.0721 e. The first kappa shape index (κ1) is 24.0. The van der Waals surface area contributed by atoms with Crippen LogP contribution in [0.2, 0.25) is 0 Å². The van der Waals surface area contributed by atoms with Gasteiger partial charge in [-0.3, -0.25) is 0 Å². The van der Waals surface area contributed by atoms with Crippen molar-refractivity contribution in [2.24, 2.45) is 0 Å². The predicted octanol–water partition coefficient (Wildman–Crippen LogP) is 5.98. The van der Waals surface area contributed by atoms with Gasteiger partial charge in [-0.1, -0.05) is 121 Å². The fraction of sp³-hybridized carbons (Fsp3) is 0.143. The molecule has 4 aromatic carbocycles. The van der Waals surface area contributed by atoms with Crippen molar-refractivity contribution in [1.82, 2.24) is 0 Å². The Morgan fingerprint density at radius 1 is 0.323 bits per heavy atom. The zero-order valence-electron chi connectivity index (χ0n) is 17.7. The van der Waals surface area contributed by atoms with E-state index in [0.717, 1.165) is 0 Å². The molecule has 0 atom stereocenters. The van der Waals surface area contributed by atoms with Crippen LogP contribution < -0.4 is 0 Å². The van der Waals surface area contributed by atoms with Gasteiger partial charge >= 0.3 is 0 Å². The van der Waals surface area contributed by atoms with Gasteiger partial charge in [-0.05, 0) is 22.3 Å². The number of hydrogen-bond acceptors (Lipinski definition) is 2. The van der Waals surface area contributed by atoms with E-state index in [4.69, 9.17) is 9.47 Å². The summed E-state index contributed by atoms with van der Waals surface area (Å²) in [4.78, 5) is 0. The van der Waals surface area contributed by atoms with Gasteiger partial charge in [0, 0.05) is 0 Å². The van der Waals surface area contributed by atoms with E-state index in [-0.39, 0.29) is 5.48 Å². The third-order valence-electron chi connectivity index (χ3n) is 4.45. The molecule has 2 N–H and O–H groups in total. The van der Waals surface area contributed by atoms with Crippen LogP contribution in [-0.4, -0.2) is 5.48 Å². The van der Waals surface area contributed by atoms with Crippen molar-refractivity contribution in [2.75, 3.05) is 0 Å². The Morgan fingerprint density at radius 3 is 0.710 bits per heavy atom. The van der Waals surface area contributed by atoms with Crippen molar-refractivity contribution in [3.63, 3.8) is 0 Å². The van der Waals surface area contributed by atoms with Gasteiger partial charge in [-0.25, -0.2) is 0 Å². The lowest BCUT2D eigenvalue weighted by Gasteiger charge is -2.03. The van der Waals surface area contributed by atoms with Crippen LogP contribution in [0.5, 0.6) is 0 Å². The number of benzene rings is 4. The fourth-order valence-corrected chi connectivity index (χ4v) is 2.87. The second-order valence-corrected chi connectivity index (χ2v) is 6.93. The van der Waals surface area contributed by atoms with Gasteiger partial charge in [0.05, 0.1) is 26.4 Å². The lowest BCUT2D eigenvalue weighted by atomic mass is 10.2. The quantitative estimate of drug-likeness (QED) is 0.356. The van der Waals surface area contributed by atoms with Crippen LogP contribution in [0.3, 0.4) is 0 Å². The van der Waals surface area contributed by atoms with E-state index < -0.39 is 0 Å². The molecular formula is C28H30O3. The molecule has 0 saturated carbocycles. The largest absolute Gasteiger partial charge is 0.412 e. The van der Waals surface area contributed by atoms with E-state index in [1.165, 1.54) is 22.3 Å². The van der Waals surface area contributed by atoms with E-state index >= 15 is 0 Å². The summed E-state index contributed by atoms with van der Waals surface area (Å²) < 4.78 is 11.2. The predicted molar refractivity (Wildman–Crippen MR) is 126 cm³/mol. The van der Waals surface area contributed by atoms with E-state index in [9.17, 15) is 0 Å². The maximum Gasteiger partial charge on any atom is 0.0721 e. The lowest BCUT2D eigenvalue weighted by Crippen LogP contribution is -1.93. The Hall–Kier alpha value is -3.24. The molecule has 0 unspecified atom stereocenters. The van der Waals surface area contributed by atoms with Crippen LogP contribution in [0.25, 0.3) is 0 Å². The molecule has 3 nitrogen and oxygen atoms in total. The molecule has 0 bridgehead atoms. The average molecular weight is 415 g/mol. The summed E-state index contributed by atoms with van der Waals surface area (Å²) in [6, 6.07) is 40.9. The van der Waals surface area contributed by atoms with Gasteiger partial charge in [-0.2, -0.15) is 0 Å². The normalized spacial score (nSPS) is 9.81. The zero-order chi connectivity index (χ0) is 20.7. The minimum atomic E-state index is 0. The maximum absolute atomic E-state index is 5.61. The molecule has 0 radical (unpaired) electrons. The van der Waals surface area contributed by atoms with Crippen LogP contribution in [-0.2, 0) is 35.9 Å². The average Bonchev–Trinajstić information content (AvgIpc) is 2.82. The first-order valence-corrected chi connectivity index (χ1v) is 10.2. The van der Waals surface area contributed by atoms with Crippen molar-refractivity contribution >= 4 is 0 Å². The second kappa shape index (κ2) is 14.7. The monoisotopic (exact) mass is 414 g/mol. The molecular weight excluding hydrogens is 384 g/mol. The standard InChI is InChI=1S/2C14H14O.H2O/c2*1-3-7-13(8-4-1)11-15-12-14-9-5-2-6-10-14;/h2*1-10H,11-12H2;1H2. The van der Waals surface area contributed by atoms with Gasteiger partial charge in [0.15, 0.2) is 0 Å². The van der Waals surface area contributed by atoms with Gasteiger partial charge in [-0.15, -0.1) is 0 Å². The summed E-state index contributed by atoms with van der Waals surface area (Å²) in [7, 11) is 0. The van der Waals surface area contributed by atoms with Gasteiger partial charge in [0.2, 0.25) is 0 Å². The van der Waals surface area contributed by atoms with Crippen LogP contribution in [0.4, 0.5) is 0 Å².